The van der Waals surface area contributed by atoms with Crippen molar-refractivity contribution in [1.82, 2.24) is 24.6 Å². The standard InChI is InChI=1S/C25H22ClF5N6O/c26-16-1-2-19-14(3-16)8-36(24(12-38-13-24)25(29,30)31)9-20-33-34-21(37(19)20)15-5-23(6-15)10-35(11-23)22-18(28)4-17(27)7-32-22/h1-4,7,15H,5-6,8-13H2. The maximum absolute atomic E-state index is 14.2. The van der Waals surface area contributed by atoms with Gasteiger partial charge in [-0.1, -0.05) is 11.6 Å². The van der Waals surface area contributed by atoms with Crippen LogP contribution in [0.25, 0.3) is 5.69 Å². The van der Waals surface area contributed by atoms with Gasteiger partial charge in [-0.15, -0.1) is 10.2 Å². The highest BCUT2D eigenvalue weighted by atomic mass is 35.5. The van der Waals surface area contributed by atoms with Crippen LogP contribution >= 0.6 is 11.6 Å². The molecule has 13 heteroatoms. The van der Waals surface area contributed by atoms with Gasteiger partial charge in [0.05, 0.1) is 31.6 Å². The molecule has 2 aromatic heterocycles. The van der Waals surface area contributed by atoms with Crippen LogP contribution in [0.2, 0.25) is 5.02 Å². The first kappa shape index (κ1) is 24.2. The van der Waals surface area contributed by atoms with Gasteiger partial charge in [-0.25, -0.2) is 13.8 Å². The fraction of sp³-hybridized carbons (Fsp3) is 0.480. The second kappa shape index (κ2) is 8.09. The number of ether oxygens (including phenoxy) is 1. The second-order valence-corrected chi connectivity index (χ2v) is 11.3. The van der Waals surface area contributed by atoms with Crippen molar-refractivity contribution in [2.75, 3.05) is 31.2 Å². The molecule has 1 aliphatic carbocycles. The van der Waals surface area contributed by atoms with E-state index in [4.69, 9.17) is 16.3 Å². The third-order valence-electron chi connectivity index (χ3n) is 8.41. The molecule has 0 bridgehead atoms. The summed E-state index contributed by atoms with van der Waals surface area (Å²) in [6, 6.07) is 6.04. The minimum absolute atomic E-state index is 0.0384. The number of alkyl halides is 3. The Labute approximate surface area is 219 Å². The zero-order valence-corrected chi connectivity index (χ0v) is 20.7. The number of hydrogen-bond acceptors (Lipinski definition) is 6. The number of fused-ring (bicyclic) bond motifs is 3. The highest BCUT2D eigenvalue weighted by Crippen LogP contribution is 2.57. The Morgan fingerprint density at radius 1 is 1.03 bits per heavy atom. The lowest BCUT2D eigenvalue weighted by atomic mass is 9.57. The maximum Gasteiger partial charge on any atom is 0.411 e. The lowest BCUT2D eigenvalue weighted by Gasteiger charge is -2.59. The van der Waals surface area contributed by atoms with Crippen LogP contribution < -0.4 is 4.90 Å². The van der Waals surface area contributed by atoms with Crippen molar-refractivity contribution in [2.45, 2.75) is 43.6 Å². The van der Waals surface area contributed by atoms with Crippen LogP contribution in [0.5, 0.6) is 0 Å². The lowest BCUT2D eigenvalue weighted by molar-refractivity contribution is -0.310. The predicted octanol–water partition coefficient (Wildman–Crippen LogP) is 4.62. The van der Waals surface area contributed by atoms with Crippen molar-refractivity contribution >= 4 is 17.4 Å². The summed E-state index contributed by atoms with van der Waals surface area (Å²) in [5, 5.41) is 9.22. The van der Waals surface area contributed by atoms with Gasteiger partial charge in [-0.2, -0.15) is 13.2 Å². The summed E-state index contributed by atoms with van der Waals surface area (Å²) in [5.74, 6) is -0.0862. The normalized spacial score (nSPS) is 22.2. The zero-order valence-electron chi connectivity index (χ0n) is 20.0. The second-order valence-electron chi connectivity index (χ2n) is 10.9. The molecule has 5 heterocycles. The third-order valence-corrected chi connectivity index (χ3v) is 8.65. The van der Waals surface area contributed by atoms with Gasteiger partial charge in [-0.05, 0) is 36.6 Å². The Bertz CT molecular complexity index is 1430. The topological polar surface area (TPSA) is 59.3 Å². The van der Waals surface area contributed by atoms with Crippen molar-refractivity contribution in [3.63, 3.8) is 0 Å². The molecule has 4 aliphatic rings. The van der Waals surface area contributed by atoms with Gasteiger partial charge in [0.2, 0.25) is 0 Å². The Morgan fingerprint density at radius 3 is 2.45 bits per heavy atom. The lowest BCUT2D eigenvalue weighted by Crippen LogP contribution is -2.69. The van der Waals surface area contributed by atoms with Crippen LogP contribution in [0, 0.1) is 17.0 Å². The van der Waals surface area contributed by atoms with Crippen molar-refractivity contribution in [3.05, 3.63) is 64.3 Å². The molecule has 1 spiro atoms. The van der Waals surface area contributed by atoms with E-state index < -0.39 is 36.6 Å². The van der Waals surface area contributed by atoms with Gasteiger partial charge in [-0.3, -0.25) is 9.47 Å². The molecule has 7 nitrogen and oxygen atoms in total. The molecule has 3 aliphatic heterocycles. The summed E-state index contributed by atoms with van der Waals surface area (Å²) < 4.78 is 76.9. The fourth-order valence-corrected chi connectivity index (χ4v) is 6.59. The minimum atomic E-state index is -4.47. The molecule has 0 atom stereocenters. The fourth-order valence-electron chi connectivity index (χ4n) is 6.39. The molecule has 3 aromatic rings. The van der Waals surface area contributed by atoms with Gasteiger partial charge in [0.1, 0.15) is 11.6 Å². The third kappa shape index (κ3) is 3.49. The average molecular weight is 553 g/mol. The van der Waals surface area contributed by atoms with Gasteiger partial charge < -0.3 is 9.64 Å². The summed E-state index contributed by atoms with van der Waals surface area (Å²) in [7, 11) is 0. The van der Waals surface area contributed by atoms with Crippen molar-refractivity contribution in [2.24, 2.45) is 5.41 Å². The maximum atomic E-state index is 14.2. The first-order chi connectivity index (χ1) is 18.1. The van der Waals surface area contributed by atoms with Crippen molar-refractivity contribution in [1.29, 1.82) is 0 Å². The van der Waals surface area contributed by atoms with E-state index in [0.29, 0.717) is 35.3 Å². The Kier molecular flexibility index (Phi) is 5.16. The SMILES string of the molecule is Fc1cnc(N2CC3(CC(c4nnc5n4-c4ccc(Cl)cc4CN(C4(C(F)(F)F)COC4)C5)C3)C2)c(F)c1. The monoisotopic (exact) mass is 552 g/mol. The van der Waals surface area contributed by atoms with E-state index in [-0.39, 0.29) is 30.2 Å². The number of benzene rings is 1. The zero-order chi connectivity index (χ0) is 26.4. The molecule has 0 N–H and O–H groups in total. The van der Waals surface area contributed by atoms with E-state index >= 15 is 0 Å². The molecule has 0 unspecified atom stereocenters. The molecule has 1 saturated carbocycles. The van der Waals surface area contributed by atoms with E-state index in [0.717, 1.165) is 30.8 Å². The molecule has 3 fully saturated rings. The number of rotatable bonds is 3. The van der Waals surface area contributed by atoms with Gasteiger partial charge in [0, 0.05) is 42.1 Å². The summed E-state index contributed by atoms with van der Waals surface area (Å²) in [6.45, 7) is 0.323. The molecule has 1 aromatic carbocycles. The van der Waals surface area contributed by atoms with Gasteiger partial charge in [0.15, 0.2) is 23.0 Å². The van der Waals surface area contributed by atoms with E-state index in [1.54, 1.807) is 23.1 Å². The number of aromatic nitrogens is 4. The Morgan fingerprint density at radius 2 is 1.79 bits per heavy atom. The quantitative estimate of drug-likeness (QED) is 0.442. The van der Waals surface area contributed by atoms with E-state index in [9.17, 15) is 22.0 Å². The summed E-state index contributed by atoms with van der Waals surface area (Å²) in [6.07, 6.45) is -1.92. The molecular formula is C25H22ClF5N6O. The number of nitrogens with zero attached hydrogens (tertiary/aromatic N) is 6. The van der Waals surface area contributed by atoms with Crippen LogP contribution in [0.1, 0.15) is 36.0 Å². The number of halogens is 6. The van der Waals surface area contributed by atoms with Crippen LogP contribution in [0.15, 0.2) is 30.5 Å². The summed E-state index contributed by atoms with van der Waals surface area (Å²) >= 11 is 6.26. The van der Waals surface area contributed by atoms with Crippen LogP contribution in [0.4, 0.5) is 27.8 Å². The molecule has 38 heavy (non-hydrogen) atoms. The molecule has 0 radical (unpaired) electrons. The average Bonchev–Trinajstić information content (AvgIpc) is 3.07. The number of pyridine rings is 1. The summed E-state index contributed by atoms with van der Waals surface area (Å²) in [4.78, 5) is 7.06. The highest BCUT2D eigenvalue weighted by molar-refractivity contribution is 6.30. The molecule has 0 amide bonds. The van der Waals surface area contributed by atoms with Crippen molar-refractivity contribution < 1.29 is 26.7 Å². The van der Waals surface area contributed by atoms with Crippen LogP contribution in [0.3, 0.4) is 0 Å². The first-order valence-electron chi connectivity index (χ1n) is 12.3. The highest BCUT2D eigenvalue weighted by Gasteiger charge is 2.64. The number of hydrogen-bond donors (Lipinski definition) is 0. The predicted molar refractivity (Wildman–Crippen MR) is 126 cm³/mol. The first-order valence-corrected chi connectivity index (χ1v) is 12.6. The number of anilines is 1. The van der Waals surface area contributed by atoms with Gasteiger partial charge >= 0.3 is 6.18 Å². The minimum Gasteiger partial charge on any atom is -0.377 e. The van der Waals surface area contributed by atoms with E-state index in [2.05, 4.69) is 15.2 Å². The molecule has 200 valence electrons. The van der Waals surface area contributed by atoms with Crippen LogP contribution in [-0.4, -0.2) is 62.7 Å². The van der Waals surface area contributed by atoms with E-state index in [1.165, 1.54) is 4.90 Å². The molecule has 2 saturated heterocycles. The largest absolute Gasteiger partial charge is 0.411 e. The van der Waals surface area contributed by atoms with Crippen LogP contribution in [-0.2, 0) is 17.8 Å². The molecule has 7 rings (SSSR count). The van der Waals surface area contributed by atoms with E-state index in [1.807, 2.05) is 4.57 Å². The smallest absolute Gasteiger partial charge is 0.377 e. The van der Waals surface area contributed by atoms with Crippen molar-refractivity contribution in [3.8, 4) is 5.69 Å². The Hall–Kier alpha value is -2.83. The van der Waals surface area contributed by atoms with Gasteiger partial charge in [0.25, 0.3) is 0 Å². The summed E-state index contributed by atoms with van der Waals surface area (Å²) in [5.41, 5.74) is -0.747. The molecular weight excluding hydrogens is 531 g/mol. The Balaban J connectivity index is 1.16.